The number of hydrogen-bond donors (Lipinski definition) is 2. The number of carbonyl (C=O) groups is 2. The Kier molecular flexibility index (Phi) is 6.04. The third kappa shape index (κ3) is 4.39. The highest BCUT2D eigenvalue weighted by atomic mass is 32.2. The fourth-order valence-corrected chi connectivity index (χ4v) is 3.68. The summed E-state index contributed by atoms with van der Waals surface area (Å²) in [6.07, 6.45) is 0. The molecule has 0 radical (unpaired) electrons. The van der Waals surface area contributed by atoms with Crippen LogP contribution < -0.4 is 15.8 Å². The number of nitrogens with one attached hydrogen (secondary N) is 1. The Bertz CT molecular complexity index is 729. The summed E-state index contributed by atoms with van der Waals surface area (Å²) in [6.45, 7) is 0. The van der Waals surface area contributed by atoms with Crippen LogP contribution in [0.4, 0.5) is 9.80 Å². The fraction of sp³-hybridized carbons (Fsp3) is 0.267. The number of benzene rings is 1. The Hall–Kier alpha value is -2.26. The van der Waals surface area contributed by atoms with E-state index < -0.39 is 5.91 Å². The van der Waals surface area contributed by atoms with Crippen molar-refractivity contribution in [1.82, 2.24) is 9.27 Å². The molecule has 3 amide bonds. The van der Waals surface area contributed by atoms with E-state index in [0.717, 1.165) is 22.8 Å². The predicted molar refractivity (Wildman–Crippen MR) is 95.9 cm³/mol. The first-order valence-corrected chi connectivity index (χ1v) is 8.71. The number of ether oxygens (including phenoxy) is 1. The minimum absolute atomic E-state index is 0.244. The van der Waals surface area contributed by atoms with E-state index in [1.54, 1.807) is 21.2 Å². The number of carbonyl (C=O) groups excluding carboxylic acids is 2. The zero-order chi connectivity index (χ0) is 17.7. The molecule has 0 unspecified atom stereocenters. The molecule has 2 aromatic rings. The molecule has 1 aromatic carbocycles. The zero-order valence-corrected chi connectivity index (χ0v) is 15.2. The van der Waals surface area contributed by atoms with E-state index in [1.165, 1.54) is 16.7 Å². The van der Waals surface area contributed by atoms with Crippen LogP contribution >= 0.6 is 23.3 Å². The quantitative estimate of drug-likeness (QED) is 0.766. The number of primary amides is 1. The van der Waals surface area contributed by atoms with Crippen molar-refractivity contribution in [3.05, 3.63) is 35.4 Å². The van der Waals surface area contributed by atoms with Gasteiger partial charge in [-0.25, -0.2) is 4.79 Å². The number of nitrogens with zero attached hydrogens (tertiary/aromatic N) is 2. The molecule has 0 aliphatic heterocycles. The van der Waals surface area contributed by atoms with E-state index in [-0.39, 0.29) is 11.6 Å². The first-order chi connectivity index (χ1) is 11.4. The highest BCUT2D eigenvalue weighted by Gasteiger charge is 2.21. The van der Waals surface area contributed by atoms with E-state index in [4.69, 9.17) is 10.5 Å². The van der Waals surface area contributed by atoms with Gasteiger partial charge in [0, 0.05) is 19.8 Å². The van der Waals surface area contributed by atoms with E-state index in [0.29, 0.717) is 15.8 Å². The van der Waals surface area contributed by atoms with Gasteiger partial charge in [-0.1, -0.05) is 23.9 Å². The standard InChI is InChI=1S/C15H18N4O3S2/c1-19(2)15(21)17-13-11(12(16)20)14(18-24-13)23-8-9-4-6-10(22-3)7-5-9/h4-7H,8H2,1-3H3,(H2,16,20)(H,17,21). The third-order valence-corrected chi connectivity index (χ3v) is 4.99. The Balaban J connectivity index is 2.13. The van der Waals surface area contributed by atoms with Gasteiger partial charge in [0.05, 0.1) is 7.11 Å². The summed E-state index contributed by atoms with van der Waals surface area (Å²) in [5.41, 5.74) is 6.75. The lowest BCUT2D eigenvalue weighted by Gasteiger charge is -2.11. The minimum Gasteiger partial charge on any atom is -0.497 e. The van der Waals surface area contributed by atoms with Gasteiger partial charge in [-0.15, -0.1) is 0 Å². The van der Waals surface area contributed by atoms with Crippen LogP contribution in [0.2, 0.25) is 0 Å². The normalized spacial score (nSPS) is 10.3. The second-order valence-corrected chi connectivity index (χ2v) is 6.75. The van der Waals surface area contributed by atoms with Crippen molar-refractivity contribution < 1.29 is 14.3 Å². The number of anilines is 1. The molecule has 3 N–H and O–H groups in total. The average molecular weight is 366 g/mol. The Labute approximate surface area is 148 Å². The summed E-state index contributed by atoms with van der Waals surface area (Å²) < 4.78 is 9.36. The minimum atomic E-state index is -0.616. The lowest BCUT2D eigenvalue weighted by Crippen LogP contribution is -2.28. The Morgan fingerprint density at radius 2 is 2.00 bits per heavy atom. The summed E-state index contributed by atoms with van der Waals surface area (Å²) in [4.78, 5) is 24.9. The smallest absolute Gasteiger partial charge is 0.321 e. The van der Waals surface area contributed by atoms with Gasteiger partial charge >= 0.3 is 6.03 Å². The summed E-state index contributed by atoms with van der Waals surface area (Å²) in [6, 6.07) is 7.28. The van der Waals surface area contributed by atoms with Crippen molar-refractivity contribution in [1.29, 1.82) is 0 Å². The highest BCUT2D eigenvalue weighted by molar-refractivity contribution is 7.98. The first kappa shape index (κ1) is 18.1. The largest absolute Gasteiger partial charge is 0.497 e. The van der Waals surface area contributed by atoms with Gasteiger partial charge < -0.3 is 15.4 Å². The van der Waals surface area contributed by atoms with Crippen molar-refractivity contribution in [3.63, 3.8) is 0 Å². The van der Waals surface area contributed by atoms with Crippen molar-refractivity contribution in [2.24, 2.45) is 5.73 Å². The van der Waals surface area contributed by atoms with Gasteiger partial charge in [-0.3, -0.25) is 10.1 Å². The molecule has 0 saturated heterocycles. The third-order valence-electron chi connectivity index (χ3n) is 3.07. The molecular formula is C15H18N4O3S2. The van der Waals surface area contributed by atoms with Gasteiger partial charge in [0.25, 0.3) is 5.91 Å². The van der Waals surface area contributed by atoms with E-state index in [9.17, 15) is 9.59 Å². The Morgan fingerprint density at radius 1 is 1.33 bits per heavy atom. The van der Waals surface area contributed by atoms with Crippen molar-refractivity contribution in [2.75, 3.05) is 26.5 Å². The van der Waals surface area contributed by atoms with E-state index in [2.05, 4.69) is 9.69 Å². The van der Waals surface area contributed by atoms with E-state index >= 15 is 0 Å². The number of amides is 3. The van der Waals surface area contributed by atoms with Crippen molar-refractivity contribution in [3.8, 4) is 5.75 Å². The van der Waals surface area contributed by atoms with Crippen molar-refractivity contribution >= 4 is 40.2 Å². The van der Waals surface area contributed by atoms with Gasteiger partial charge in [0.15, 0.2) is 0 Å². The van der Waals surface area contributed by atoms with Crippen LogP contribution in [-0.2, 0) is 5.75 Å². The fourth-order valence-electron chi connectivity index (χ4n) is 1.76. The monoisotopic (exact) mass is 366 g/mol. The van der Waals surface area contributed by atoms with Crippen LogP contribution in [0.25, 0.3) is 0 Å². The average Bonchev–Trinajstić information content (AvgIpc) is 2.96. The SMILES string of the molecule is COc1ccc(CSc2nsc(NC(=O)N(C)C)c2C(N)=O)cc1. The number of aromatic nitrogens is 1. The van der Waals surface area contributed by atoms with Crippen LogP contribution in [0.3, 0.4) is 0 Å². The van der Waals surface area contributed by atoms with E-state index in [1.807, 2.05) is 24.3 Å². The topological polar surface area (TPSA) is 97.6 Å². The van der Waals surface area contributed by atoms with Gasteiger partial charge in [0.2, 0.25) is 0 Å². The van der Waals surface area contributed by atoms with Gasteiger partial charge in [-0.05, 0) is 29.2 Å². The number of rotatable bonds is 6. The second kappa shape index (κ2) is 8.02. The van der Waals surface area contributed by atoms with Crippen LogP contribution in [0, 0.1) is 0 Å². The molecule has 128 valence electrons. The van der Waals surface area contributed by atoms with Crippen LogP contribution in [0.5, 0.6) is 5.75 Å². The second-order valence-electron chi connectivity index (χ2n) is 5.02. The highest BCUT2D eigenvalue weighted by Crippen LogP contribution is 2.33. The maximum Gasteiger partial charge on any atom is 0.321 e. The lowest BCUT2D eigenvalue weighted by atomic mass is 10.2. The molecule has 7 nitrogen and oxygen atoms in total. The molecule has 24 heavy (non-hydrogen) atoms. The molecule has 0 aliphatic carbocycles. The first-order valence-electron chi connectivity index (χ1n) is 6.96. The summed E-state index contributed by atoms with van der Waals surface area (Å²) in [5.74, 6) is 0.786. The van der Waals surface area contributed by atoms with Gasteiger partial charge in [-0.2, -0.15) is 4.37 Å². The molecule has 0 saturated carbocycles. The maximum absolute atomic E-state index is 11.8. The summed E-state index contributed by atoms with van der Waals surface area (Å²) in [5, 5.41) is 3.51. The molecule has 0 fully saturated rings. The Morgan fingerprint density at radius 3 is 2.54 bits per heavy atom. The molecule has 9 heteroatoms. The maximum atomic E-state index is 11.8. The number of urea groups is 1. The predicted octanol–water partition coefficient (Wildman–Crippen LogP) is 2.64. The van der Waals surface area contributed by atoms with Crippen LogP contribution in [0.15, 0.2) is 29.3 Å². The molecule has 0 aliphatic rings. The number of hydrogen-bond acceptors (Lipinski definition) is 6. The number of thioether (sulfide) groups is 1. The molecule has 1 heterocycles. The molecule has 0 bridgehead atoms. The molecular weight excluding hydrogens is 348 g/mol. The van der Waals surface area contributed by atoms with Crippen LogP contribution in [0.1, 0.15) is 15.9 Å². The summed E-state index contributed by atoms with van der Waals surface area (Å²) >= 11 is 2.43. The molecule has 0 atom stereocenters. The number of methoxy groups -OCH3 is 1. The lowest BCUT2D eigenvalue weighted by molar-refractivity contribution is 0.0998. The van der Waals surface area contributed by atoms with Crippen molar-refractivity contribution in [2.45, 2.75) is 10.8 Å². The number of nitrogens with two attached hydrogens (primary N) is 1. The van der Waals surface area contributed by atoms with Gasteiger partial charge in [0.1, 0.15) is 21.3 Å². The van der Waals surface area contributed by atoms with Crippen LogP contribution in [-0.4, -0.2) is 42.4 Å². The molecule has 2 rings (SSSR count). The zero-order valence-electron chi connectivity index (χ0n) is 13.5. The molecule has 1 aromatic heterocycles. The molecule has 0 spiro atoms. The summed E-state index contributed by atoms with van der Waals surface area (Å²) in [7, 11) is 4.83.